The predicted octanol–water partition coefficient (Wildman–Crippen LogP) is 4.26. The van der Waals surface area contributed by atoms with E-state index in [1.165, 1.54) is 12.1 Å². The maximum Gasteiger partial charge on any atom is 0.312 e. The van der Waals surface area contributed by atoms with Crippen molar-refractivity contribution in [3.63, 3.8) is 0 Å². The van der Waals surface area contributed by atoms with Gasteiger partial charge in [-0.3, -0.25) is 14.7 Å². The van der Waals surface area contributed by atoms with Crippen molar-refractivity contribution in [1.29, 1.82) is 0 Å². The first-order chi connectivity index (χ1) is 15.1. The second-order valence-electron chi connectivity index (χ2n) is 7.96. The van der Waals surface area contributed by atoms with Crippen molar-refractivity contribution in [2.75, 3.05) is 19.7 Å². The van der Waals surface area contributed by atoms with E-state index in [0.29, 0.717) is 42.9 Å². The summed E-state index contributed by atoms with van der Waals surface area (Å²) in [6.45, 7) is 4.44. The molecule has 0 aliphatic carbocycles. The summed E-state index contributed by atoms with van der Waals surface area (Å²) >= 11 is 0. The van der Waals surface area contributed by atoms with Crippen molar-refractivity contribution in [2.45, 2.75) is 32.7 Å². The van der Waals surface area contributed by atoms with Crippen LogP contribution >= 0.6 is 0 Å². The first-order valence-electron chi connectivity index (χ1n) is 10.6. The molecule has 1 aliphatic rings. The molecule has 0 N–H and O–H groups in total. The number of carbonyl (C=O) groups is 1. The van der Waals surface area contributed by atoms with Crippen LogP contribution in [0.25, 0.3) is 11.3 Å². The number of hydrogen-bond acceptors (Lipinski definition) is 6. The van der Waals surface area contributed by atoms with E-state index in [2.05, 4.69) is 15.0 Å². The Morgan fingerprint density at radius 3 is 2.74 bits per heavy atom. The van der Waals surface area contributed by atoms with Gasteiger partial charge >= 0.3 is 5.97 Å². The Labute approximate surface area is 181 Å². The van der Waals surface area contributed by atoms with Gasteiger partial charge in [0.1, 0.15) is 17.3 Å². The Bertz CT molecular complexity index is 1010. The van der Waals surface area contributed by atoms with Crippen molar-refractivity contribution < 1.29 is 18.4 Å². The van der Waals surface area contributed by atoms with Crippen molar-refractivity contribution in [1.82, 2.24) is 15.0 Å². The summed E-state index contributed by atoms with van der Waals surface area (Å²) in [5.74, 6) is 0.0759. The van der Waals surface area contributed by atoms with Crippen molar-refractivity contribution in [2.24, 2.45) is 5.41 Å². The lowest BCUT2D eigenvalue weighted by Gasteiger charge is -2.39. The number of benzene rings is 1. The number of piperidine rings is 1. The third-order valence-corrected chi connectivity index (χ3v) is 5.83. The third-order valence-electron chi connectivity index (χ3n) is 5.83. The van der Waals surface area contributed by atoms with Gasteiger partial charge in [-0.05, 0) is 57.1 Å². The SMILES string of the molecule is CCOC(=O)C1(Cc2cc(-c3cccc(F)c3)no2)CCN(Cc2ccccn2)CC1. The number of hydrogen-bond donors (Lipinski definition) is 0. The highest BCUT2D eigenvalue weighted by Crippen LogP contribution is 2.38. The Balaban J connectivity index is 1.48. The zero-order valence-corrected chi connectivity index (χ0v) is 17.6. The van der Waals surface area contributed by atoms with Gasteiger partial charge in [-0.15, -0.1) is 0 Å². The van der Waals surface area contributed by atoms with Gasteiger partial charge in [0.15, 0.2) is 0 Å². The molecule has 162 valence electrons. The van der Waals surface area contributed by atoms with Crippen LogP contribution in [0, 0.1) is 11.2 Å². The van der Waals surface area contributed by atoms with Gasteiger partial charge < -0.3 is 9.26 Å². The Hall–Kier alpha value is -3.06. The lowest BCUT2D eigenvalue weighted by atomic mass is 9.75. The Morgan fingerprint density at radius 1 is 1.19 bits per heavy atom. The van der Waals surface area contributed by atoms with Crippen molar-refractivity contribution >= 4 is 5.97 Å². The number of aromatic nitrogens is 2. The van der Waals surface area contributed by atoms with Crippen LogP contribution in [0.5, 0.6) is 0 Å². The minimum atomic E-state index is -0.657. The average molecular weight is 423 g/mol. The molecular formula is C24H26FN3O3. The highest BCUT2D eigenvalue weighted by Gasteiger charge is 2.43. The molecule has 0 unspecified atom stereocenters. The van der Waals surface area contributed by atoms with E-state index in [1.807, 2.05) is 25.1 Å². The van der Waals surface area contributed by atoms with Crippen LogP contribution in [-0.2, 0) is 22.5 Å². The average Bonchev–Trinajstić information content (AvgIpc) is 3.24. The maximum absolute atomic E-state index is 13.5. The van der Waals surface area contributed by atoms with Gasteiger partial charge in [0.25, 0.3) is 0 Å². The zero-order chi connectivity index (χ0) is 21.7. The number of carbonyl (C=O) groups excluding carboxylic acids is 1. The molecule has 6 nitrogen and oxygen atoms in total. The molecule has 0 spiro atoms. The molecule has 0 saturated carbocycles. The van der Waals surface area contributed by atoms with E-state index < -0.39 is 5.41 Å². The summed E-state index contributed by atoms with van der Waals surface area (Å²) < 4.78 is 24.5. The molecule has 1 saturated heterocycles. The van der Waals surface area contributed by atoms with Gasteiger partial charge in [-0.25, -0.2) is 4.39 Å². The van der Waals surface area contributed by atoms with Crippen molar-refractivity contribution in [3.8, 4) is 11.3 Å². The molecule has 7 heteroatoms. The number of rotatable bonds is 7. The molecule has 0 atom stereocenters. The molecule has 31 heavy (non-hydrogen) atoms. The third kappa shape index (κ3) is 4.99. The topological polar surface area (TPSA) is 68.5 Å². The zero-order valence-electron chi connectivity index (χ0n) is 17.6. The minimum Gasteiger partial charge on any atom is -0.466 e. The van der Waals surface area contributed by atoms with E-state index in [-0.39, 0.29) is 11.8 Å². The lowest BCUT2D eigenvalue weighted by molar-refractivity contribution is -0.159. The Kier molecular flexibility index (Phi) is 6.42. The fraction of sp³-hybridized carbons (Fsp3) is 0.375. The molecule has 4 rings (SSSR count). The standard InChI is InChI=1S/C24H26FN3O3/c1-2-30-23(29)24(9-12-28(13-10-24)17-20-8-3-4-11-26-20)16-21-15-22(27-31-21)18-6-5-7-19(25)14-18/h3-8,11,14-15H,2,9-10,12-13,16-17H2,1H3. The smallest absolute Gasteiger partial charge is 0.312 e. The summed E-state index contributed by atoms with van der Waals surface area (Å²) in [6.07, 6.45) is 3.52. The molecule has 1 aliphatic heterocycles. The predicted molar refractivity (Wildman–Crippen MR) is 113 cm³/mol. The van der Waals surface area contributed by atoms with Gasteiger partial charge in [0.2, 0.25) is 0 Å². The maximum atomic E-state index is 13.5. The normalized spacial score (nSPS) is 16.2. The summed E-state index contributed by atoms with van der Waals surface area (Å²) in [7, 11) is 0. The van der Waals surface area contributed by atoms with Crippen LogP contribution in [0.3, 0.4) is 0 Å². The summed E-state index contributed by atoms with van der Waals surface area (Å²) in [6, 6.07) is 13.9. The van der Waals surface area contributed by atoms with E-state index in [9.17, 15) is 9.18 Å². The first kappa shape index (κ1) is 21.2. The van der Waals surface area contributed by atoms with Crippen LogP contribution in [0.15, 0.2) is 59.3 Å². The fourth-order valence-electron chi connectivity index (χ4n) is 4.11. The number of likely N-dealkylation sites (tertiary alicyclic amines) is 1. The fourth-order valence-corrected chi connectivity index (χ4v) is 4.11. The monoisotopic (exact) mass is 423 g/mol. The summed E-state index contributed by atoms with van der Waals surface area (Å²) in [5.41, 5.74) is 1.56. The molecule has 1 fully saturated rings. The van der Waals surface area contributed by atoms with Gasteiger partial charge in [0, 0.05) is 30.8 Å². The lowest BCUT2D eigenvalue weighted by Crippen LogP contribution is -2.46. The molecule has 0 radical (unpaired) electrons. The number of ether oxygens (including phenoxy) is 1. The van der Waals surface area contributed by atoms with Gasteiger partial charge in [-0.1, -0.05) is 23.4 Å². The van der Waals surface area contributed by atoms with Crippen LogP contribution < -0.4 is 0 Å². The summed E-state index contributed by atoms with van der Waals surface area (Å²) in [5, 5.41) is 4.09. The molecule has 3 heterocycles. The second-order valence-corrected chi connectivity index (χ2v) is 7.96. The molecule has 1 aromatic carbocycles. The van der Waals surface area contributed by atoms with E-state index >= 15 is 0 Å². The Morgan fingerprint density at radius 2 is 2.03 bits per heavy atom. The minimum absolute atomic E-state index is 0.198. The molecule has 0 amide bonds. The van der Waals surface area contributed by atoms with Crippen LogP contribution in [0.4, 0.5) is 4.39 Å². The molecule has 3 aromatic rings. The number of pyridine rings is 1. The second kappa shape index (κ2) is 9.39. The summed E-state index contributed by atoms with van der Waals surface area (Å²) in [4.78, 5) is 19.6. The van der Waals surface area contributed by atoms with Crippen LogP contribution in [-0.4, -0.2) is 40.7 Å². The quantitative estimate of drug-likeness (QED) is 0.529. The van der Waals surface area contributed by atoms with Gasteiger partial charge in [-0.2, -0.15) is 0 Å². The van der Waals surface area contributed by atoms with E-state index in [1.54, 1.807) is 24.4 Å². The number of esters is 1. The van der Waals surface area contributed by atoms with Gasteiger partial charge in [0.05, 0.1) is 17.7 Å². The number of halogens is 1. The molecular weight excluding hydrogens is 397 g/mol. The van der Waals surface area contributed by atoms with E-state index in [0.717, 1.165) is 25.3 Å². The highest BCUT2D eigenvalue weighted by molar-refractivity contribution is 5.77. The van der Waals surface area contributed by atoms with Crippen LogP contribution in [0.1, 0.15) is 31.2 Å². The molecule has 2 aromatic heterocycles. The first-order valence-corrected chi connectivity index (χ1v) is 10.6. The van der Waals surface area contributed by atoms with E-state index in [4.69, 9.17) is 9.26 Å². The highest BCUT2D eigenvalue weighted by atomic mass is 19.1. The largest absolute Gasteiger partial charge is 0.466 e. The number of nitrogens with zero attached hydrogens (tertiary/aromatic N) is 3. The van der Waals surface area contributed by atoms with Crippen LogP contribution in [0.2, 0.25) is 0 Å². The molecule has 0 bridgehead atoms. The van der Waals surface area contributed by atoms with Crippen molar-refractivity contribution in [3.05, 3.63) is 72.0 Å².